The van der Waals surface area contributed by atoms with Crippen molar-refractivity contribution in [2.75, 3.05) is 13.1 Å². The molecule has 0 saturated heterocycles. The Morgan fingerprint density at radius 1 is 1.08 bits per heavy atom. The average molecular weight is 364 g/mol. The first-order valence-electron chi connectivity index (χ1n) is 7.71. The van der Waals surface area contributed by atoms with E-state index in [9.17, 15) is 13.2 Å². The molecule has 0 saturated carbocycles. The summed E-state index contributed by atoms with van der Waals surface area (Å²) in [6.07, 6.45) is -4.39. The molecular formula is C18H13ClF3N3. The van der Waals surface area contributed by atoms with Crippen molar-refractivity contribution in [1.29, 1.82) is 0 Å². The molecule has 0 unspecified atom stereocenters. The summed E-state index contributed by atoms with van der Waals surface area (Å²) in [4.78, 5) is 7.65. The Morgan fingerprint density at radius 3 is 2.64 bits per heavy atom. The number of hydrogen-bond donors (Lipinski definition) is 2. The fraction of sp³-hybridized carbons (Fsp3) is 0.167. The van der Waals surface area contributed by atoms with Crippen LogP contribution in [0.4, 0.5) is 13.2 Å². The first-order chi connectivity index (χ1) is 11.9. The minimum absolute atomic E-state index is 0.452. The summed E-state index contributed by atoms with van der Waals surface area (Å²) in [5.74, 6) is 0.668. The summed E-state index contributed by atoms with van der Waals surface area (Å²) in [6.45, 7) is 1.33. The molecule has 3 nitrogen and oxygen atoms in total. The highest BCUT2D eigenvalue weighted by molar-refractivity contribution is 6.31. The Bertz CT molecular complexity index is 989. The molecule has 2 N–H and O–H groups in total. The van der Waals surface area contributed by atoms with Crippen LogP contribution < -0.4 is 5.32 Å². The number of alkyl halides is 3. The van der Waals surface area contributed by atoms with E-state index in [1.807, 2.05) is 6.07 Å². The predicted octanol–water partition coefficient (Wildman–Crippen LogP) is 4.86. The number of aromatic amines is 1. The lowest BCUT2D eigenvalue weighted by Crippen LogP contribution is -2.19. The van der Waals surface area contributed by atoms with E-state index in [2.05, 4.69) is 15.3 Å². The van der Waals surface area contributed by atoms with Crippen LogP contribution in [0.2, 0.25) is 5.02 Å². The second-order valence-corrected chi connectivity index (χ2v) is 6.24. The van der Waals surface area contributed by atoms with Crippen molar-refractivity contribution in [3.05, 3.63) is 58.6 Å². The minimum atomic E-state index is -4.39. The molecule has 25 heavy (non-hydrogen) atoms. The molecule has 4 rings (SSSR count). The van der Waals surface area contributed by atoms with Crippen LogP contribution in [0.5, 0.6) is 0 Å². The van der Waals surface area contributed by atoms with Crippen LogP contribution >= 0.6 is 11.6 Å². The number of fused-ring (bicyclic) bond motifs is 1. The second-order valence-electron chi connectivity index (χ2n) is 5.80. The van der Waals surface area contributed by atoms with E-state index in [1.165, 1.54) is 6.07 Å². The summed E-state index contributed by atoms with van der Waals surface area (Å²) >= 11 is 6.11. The summed E-state index contributed by atoms with van der Waals surface area (Å²) in [7, 11) is 0. The zero-order valence-corrected chi connectivity index (χ0v) is 13.7. The van der Waals surface area contributed by atoms with Crippen molar-refractivity contribution in [1.82, 2.24) is 10.3 Å². The molecule has 0 spiro atoms. The molecule has 2 aromatic carbocycles. The van der Waals surface area contributed by atoms with Gasteiger partial charge in [-0.1, -0.05) is 23.7 Å². The molecule has 1 aliphatic rings. The van der Waals surface area contributed by atoms with Crippen molar-refractivity contribution < 1.29 is 13.2 Å². The molecule has 0 aliphatic carbocycles. The van der Waals surface area contributed by atoms with E-state index >= 15 is 0 Å². The maximum Gasteiger partial charge on any atom is 0.416 e. The van der Waals surface area contributed by atoms with Gasteiger partial charge in [-0.25, -0.2) is 0 Å². The van der Waals surface area contributed by atoms with Crippen LogP contribution in [-0.2, 0) is 6.18 Å². The van der Waals surface area contributed by atoms with Crippen molar-refractivity contribution in [2.45, 2.75) is 6.18 Å². The first-order valence-corrected chi connectivity index (χ1v) is 8.09. The maximum absolute atomic E-state index is 13.1. The maximum atomic E-state index is 13.1. The van der Waals surface area contributed by atoms with Crippen LogP contribution in [-0.4, -0.2) is 23.9 Å². The number of benzene rings is 2. The number of halogens is 4. The minimum Gasteiger partial charge on any atom is -0.368 e. The third-order valence-electron chi connectivity index (χ3n) is 4.15. The third kappa shape index (κ3) is 2.87. The van der Waals surface area contributed by atoms with Crippen molar-refractivity contribution >= 4 is 28.3 Å². The van der Waals surface area contributed by atoms with E-state index in [-0.39, 0.29) is 0 Å². The van der Waals surface area contributed by atoms with Crippen LogP contribution in [0, 0.1) is 0 Å². The molecular weight excluding hydrogens is 351 g/mol. The lowest BCUT2D eigenvalue weighted by Gasteiger charge is -2.10. The number of hydrogen-bond acceptors (Lipinski definition) is 2. The van der Waals surface area contributed by atoms with Gasteiger partial charge in [-0.2, -0.15) is 13.2 Å². The lowest BCUT2D eigenvalue weighted by molar-refractivity contribution is -0.137. The highest BCUT2D eigenvalue weighted by Crippen LogP contribution is 2.36. The summed E-state index contributed by atoms with van der Waals surface area (Å²) < 4.78 is 39.2. The van der Waals surface area contributed by atoms with E-state index in [1.54, 1.807) is 18.2 Å². The van der Waals surface area contributed by atoms with Gasteiger partial charge in [-0.05, 0) is 35.9 Å². The lowest BCUT2D eigenvalue weighted by atomic mass is 10.0. The van der Waals surface area contributed by atoms with Gasteiger partial charge in [-0.3, -0.25) is 4.99 Å². The summed E-state index contributed by atoms with van der Waals surface area (Å²) in [5.41, 5.74) is 1.90. The van der Waals surface area contributed by atoms with Gasteiger partial charge in [0.2, 0.25) is 0 Å². The number of amidine groups is 1. The Morgan fingerprint density at radius 2 is 1.92 bits per heavy atom. The molecule has 0 radical (unpaired) electrons. The number of nitrogens with zero attached hydrogens (tertiary/aromatic N) is 1. The molecule has 3 aromatic rings. The number of nitrogens with one attached hydrogen (secondary N) is 2. The van der Waals surface area contributed by atoms with Gasteiger partial charge in [0, 0.05) is 28.0 Å². The van der Waals surface area contributed by atoms with Gasteiger partial charge >= 0.3 is 6.18 Å². The van der Waals surface area contributed by atoms with E-state index in [0.29, 0.717) is 35.2 Å². The topological polar surface area (TPSA) is 40.2 Å². The van der Waals surface area contributed by atoms with Gasteiger partial charge in [0.25, 0.3) is 0 Å². The number of H-pyrrole nitrogens is 1. The predicted molar refractivity (Wildman–Crippen MR) is 93.2 cm³/mol. The average Bonchev–Trinajstić information content (AvgIpc) is 3.20. The van der Waals surface area contributed by atoms with Crippen molar-refractivity contribution in [3.63, 3.8) is 0 Å². The molecule has 0 atom stereocenters. The van der Waals surface area contributed by atoms with Crippen LogP contribution in [0.25, 0.3) is 22.2 Å². The summed E-state index contributed by atoms with van der Waals surface area (Å²) in [6, 6.07) is 10.6. The Hall–Kier alpha value is -2.47. The SMILES string of the molecule is FC(F)(F)c1cccc(-c2[nH]c3ccc(Cl)cc3c2C2=NCCN2)c1. The molecule has 128 valence electrons. The molecule has 2 heterocycles. The Kier molecular flexibility index (Phi) is 3.72. The molecule has 1 aliphatic heterocycles. The highest BCUT2D eigenvalue weighted by Gasteiger charge is 2.31. The quantitative estimate of drug-likeness (QED) is 0.671. The molecule has 0 amide bonds. The Balaban J connectivity index is 1.97. The monoisotopic (exact) mass is 363 g/mol. The number of aromatic nitrogens is 1. The van der Waals surface area contributed by atoms with Crippen molar-refractivity contribution in [3.8, 4) is 11.3 Å². The largest absolute Gasteiger partial charge is 0.416 e. The normalized spacial score (nSPS) is 14.6. The van der Waals surface area contributed by atoms with Gasteiger partial charge in [-0.15, -0.1) is 0 Å². The standard InChI is InChI=1S/C18H13ClF3N3/c19-12-4-5-14-13(9-12)15(17-23-6-7-24-17)16(25-14)10-2-1-3-11(8-10)18(20,21)22/h1-5,8-9,25H,6-7H2,(H,23,24). The van der Waals surface area contributed by atoms with Crippen LogP contribution in [0.15, 0.2) is 47.5 Å². The molecule has 1 aromatic heterocycles. The summed E-state index contributed by atoms with van der Waals surface area (Å²) in [5, 5.41) is 4.57. The Labute approximate surface area is 146 Å². The van der Waals surface area contributed by atoms with Gasteiger partial charge < -0.3 is 10.3 Å². The third-order valence-corrected chi connectivity index (χ3v) is 4.39. The first kappa shape index (κ1) is 16.0. The van der Waals surface area contributed by atoms with Crippen LogP contribution in [0.3, 0.4) is 0 Å². The molecule has 0 fully saturated rings. The van der Waals surface area contributed by atoms with Gasteiger partial charge in [0.15, 0.2) is 0 Å². The van der Waals surface area contributed by atoms with E-state index < -0.39 is 11.7 Å². The number of rotatable bonds is 2. The highest BCUT2D eigenvalue weighted by atomic mass is 35.5. The molecule has 7 heteroatoms. The van der Waals surface area contributed by atoms with Gasteiger partial charge in [0.05, 0.1) is 17.8 Å². The number of aliphatic imine (C=N–C) groups is 1. The van der Waals surface area contributed by atoms with Crippen molar-refractivity contribution in [2.24, 2.45) is 4.99 Å². The van der Waals surface area contributed by atoms with E-state index in [4.69, 9.17) is 11.6 Å². The molecule has 0 bridgehead atoms. The zero-order chi connectivity index (χ0) is 17.6. The van der Waals surface area contributed by atoms with Gasteiger partial charge in [0.1, 0.15) is 5.84 Å². The smallest absolute Gasteiger partial charge is 0.368 e. The zero-order valence-electron chi connectivity index (χ0n) is 12.9. The fourth-order valence-corrected chi connectivity index (χ4v) is 3.22. The fourth-order valence-electron chi connectivity index (χ4n) is 3.04. The second kappa shape index (κ2) is 5.81. The van der Waals surface area contributed by atoms with E-state index in [0.717, 1.165) is 28.6 Å². The van der Waals surface area contributed by atoms with Crippen LogP contribution in [0.1, 0.15) is 11.1 Å².